The minimum Gasteiger partial charge on any atom is -0.454 e. The molecule has 2 aliphatic heterocycles. The summed E-state index contributed by atoms with van der Waals surface area (Å²) in [7, 11) is 0. The van der Waals surface area contributed by atoms with Gasteiger partial charge in [0.2, 0.25) is 6.79 Å². The summed E-state index contributed by atoms with van der Waals surface area (Å²) in [6.07, 6.45) is 1.55. The Morgan fingerprint density at radius 2 is 1.66 bits per heavy atom. The molecule has 3 aromatic rings. The third-order valence-electron chi connectivity index (χ3n) is 5.37. The number of piperazine rings is 1. The van der Waals surface area contributed by atoms with Crippen LogP contribution in [0.1, 0.15) is 10.4 Å². The highest BCUT2D eigenvalue weighted by atomic mass is 19.1. The summed E-state index contributed by atoms with van der Waals surface area (Å²) >= 11 is 0. The Labute approximate surface area is 165 Å². The number of ketones is 1. The van der Waals surface area contributed by atoms with Crippen LogP contribution < -0.4 is 14.4 Å². The summed E-state index contributed by atoms with van der Waals surface area (Å²) in [5.41, 5.74) is 1.94. The maximum Gasteiger partial charge on any atom is 0.295 e. The average Bonchev–Trinajstić information content (AvgIpc) is 3.38. The number of ether oxygens (including phenoxy) is 2. The highest BCUT2D eigenvalue weighted by molar-refractivity contribution is 6.44. The minimum absolute atomic E-state index is 0.141. The van der Waals surface area contributed by atoms with E-state index in [-0.39, 0.29) is 12.6 Å². The molecule has 1 aromatic heterocycles. The zero-order valence-corrected chi connectivity index (χ0v) is 15.5. The summed E-state index contributed by atoms with van der Waals surface area (Å²) in [5, 5.41) is 0.637. The molecule has 0 unspecified atom stereocenters. The number of aromatic nitrogens is 1. The van der Waals surface area contributed by atoms with Crippen molar-refractivity contribution in [1.29, 1.82) is 0 Å². The number of nitrogens with one attached hydrogen (secondary N) is 1. The van der Waals surface area contributed by atoms with Gasteiger partial charge < -0.3 is 24.3 Å². The summed E-state index contributed by atoms with van der Waals surface area (Å²) in [6, 6.07) is 9.75. The van der Waals surface area contributed by atoms with Crippen LogP contribution in [0.2, 0.25) is 0 Å². The molecule has 0 saturated carbocycles. The second kappa shape index (κ2) is 6.80. The van der Waals surface area contributed by atoms with E-state index >= 15 is 0 Å². The van der Waals surface area contributed by atoms with Crippen molar-refractivity contribution in [2.24, 2.45) is 0 Å². The summed E-state index contributed by atoms with van der Waals surface area (Å²) in [4.78, 5) is 32.3. The number of hydrogen-bond donors (Lipinski definition) is 1. The Balaban J connectivity index is 1.31. The first-order valence-electron chi connectivity index (χ1n) is 9.35. The van der Waals surface area contributed by atoms with Crippen LogP contribution in [0, 0.1) is 5.82 Å². The third kappa shape index (κ3) is 3.06. The molecular weight excluding hydrogens is 377 g/mol. The Morgan fingerprint density at radius 3 is 2.38 bits per heavy atom. The number of benzene rings is 2. The Kier molecular flexibility index (Phi) is 4.12. The molecule has 1 fully saturated rings. The van der Waals surface area contributed by atoms with Gasteiger partial charge in [0, 0.05) is 49.5 Å². The predicted octanol–water partition coefficient (Wildman–Crippen LogP) is 2.57. The first kappa shape index (κ1) is 17.5. The molecule has 1 N–H and O–H groups in total. The molecule has 0 bridgehead atoms. The lowest BCUT2D eigenvalue weighted by Crippen LogP contribution is -2.50. The number of carbonyl (C=O) groups is 2. The molecule has 1 saturated heterocycles. The molecular formula is C21H18FN3O4. The van der Waals surface area contributed by atoms with Crippen LogP contribution >= 0.6 is 0 Å². The van der Waals surface area contributed by atoms with Crippen LogP contribution in [0.25, 0.3) is 10.9 Å². The highest BCUT2D eigenvalue weighted by Crippen LogP contribution is 2.37. The van der Waals surface area contributed by atoms with Gasteiger partial charge in [0.05, 0.1) is 11.1 Å². The first-order valence-corrected chi connectivity index (χ1v) is 9.35. The van der Waals surface area contributed by atoms with Gasteiger partial charge >= 0.3 is 0 Å². The smallest absolute Gasteiger partial charge is 0.295 e. The molecule has 0 spiro atoms. The minimum atomic E-state index is -0.551. The Morgan fingerprint density at radius 1 is 0.966 bits per heavy atom. The average molecular weight is 395 g/mol. The summed E-state index contributed by atoms with van der Waals surface area (Å²) in [5.74, 6) is -0.185. The molecule has 8 heteroatoms. The SMILES string of the molecule is O=C(C(=O)N1CCN(c2ccc(F)cc2)CC1)c1c[nH]c2cc3c(cc12)OCO3. The summed E-state index contributed by atoms with van der Waals surface area (Å²) in [6.45, 7) is 2.16. The van der Waals surface area contributed by atoms with E-state index in [0.717, 1.165) is 5.69 Å². The second-order valence-electron chi connectivity index (χ2n) is 7.04. The van der Waals surface area contributed by atoms with Gasteiger partial charge in [-0.2, -0.15) is 0 Å². The van der Waals surface area contributed by atoms with Crippen LogP contribution in [0.15, 0.2) is 42.6 Å². The number of fused-ring (bicyclic) bond motifs is 2. The van der Waals surface area contributed by atoms with E-state index in [9.17, 15) is 14.0 Å². The van der Waals surface area contributed by atoms with E-state index in [1.165, 1.54) is 12.1 Å². The Bertz CT molecular complexity index is 1100. The van der Waals surface area contributed by atoms with Gasteiger partial charge in [0.25, 0.3) is 11.7 Å². The fraction of sp³-hybridized carbons (Fsp3) is 0.238. The monoisotopic (exact) mass is 395 g/mol. The number of Topliss-reactive ketones (excluding diaryl/α,β-unsaturated/α-hetero) is 1. The maximum absolute atomic E-state index is 13.1. The van der Waals surface area contributed by atoms with Gasteiger partial charge in [0.15, 0.2) is 11.5 Å². The number of H-pyrrole nitrogens is 1. The molecule has 0 atom stereocenters. The van der Waals surface area contributed by atoms with E-state index in [0.29, 0.717) is 54.1 Å². The highest BCUT2D eigenvalue weighted by Gasteiger charge is 2.29. The molecule has 5 rings (SSSR count). The van der Waals surface area contributed by atoms with Crippen LogP contribution in [-0.2, 0) is 4.79 Å². The van der Waals surface area contributed by atoms with E-state index in [4.69, 9.17) is 9.47 Å². The van der Waals surface area contributed by atoms with Crippen molar-refractivity contribution in [3.63, 3.8) is 0 Å². The lowest BCUT2D eigenvalue weighted by Gasteiger charge is -2.35. The van der Waals surface area contributed by atoms with Gasteiger partial charge in [-0.25, -0.2) is 4.39 Å². The quantitative estimate of drug-likeness (QED) is 0.545. The fourth-order valence-corrected chi connectivity index (χ4v) is 3.78. The van der Waals surface area contributed by atoms with Crippen molar-refractivity contribution < 1.29 is 23.5 Å². The number of nitrogens with zero attached hydrogens (tertiary/aromatic N) is 2. The molecule has 1 amide bonds. The molecule has 2 aromatic carbocycles. The van der Waals surface area contributed by atoms with Gasteiger partial charge in [0.1, 0.15) is 5.82 Å². The van der Waals surface area contributed by atoms with Gasteiger partial charge in [-0.15, -0.1) is 0 Å². The standard InChI is InChI=1S/C21H18FN3O4/c22-13-1-3-14(4-2-13)24-5-7-25(8-6-24)21(27)20(26)16-11-23-17-10-19-18(9-15(16)17)28-12-29-19/h1-4,9-11,23H,5-8,12H2. The zero-order chi connectivity index (χ0) is 20.0. The second-order valence-corrected chi connectivity index (χ2v) is 7.04. The number of rotatable bonds is 3. The van der Waals surface area contributed by atoms with E-state index in [1.807, 2.05) is 0 Å². The van der Waals surface area contributed by atoms with Gasteiger partial charge in [-0.3, -0.25) is 9.59 Å². The van der Waals surface area contributed by atoms with Crippen LogP contribution in [0.5, 0.6) is 11.5 Å². The molecule has 29 heavy (non-hydrogen) atoms. The number of hydrogen-bond acceptors (Lipinski definition) is 5. The maximum atomic E-state index is 13.1. The third-order valence-corrected chi connectivity index (χ3v) is 5.37. The van der Waals surface area contributed by atoms with Crippen LogP contribution in [0.4, 0.5) is 10.1 Å². The molecule has 3 heterocycles. The van der Waals surface area contributed by atoms with Crippen molar-refractivity contribution >= 4 is 28.3 Å². The zero-order valence-electron chi connectivity index (χ0n) is 15.5. The fourth-order valence-electron chi connectivity index (χ4n) is 3.78. The lowest BCUT2D eigenvalue weighted by atomic mass is 10.1. The number of amides is 1. The van der Waals surface area contributed by atoms with Crippen LogP contribution in [0.3, 0.4) is 0 Å². The normalized spacial score (nSPS) is 15.8. The van der Waals surface area contributed by atoms with Gasteiger partial charge in [-0.05, 0) is 30.3 Å². The van der Waals surface area contributed by atoms with Gasteiger partial charge in [-0.1, -0.05) is 0 Å². The van der Waals surface area contributed by atoms with Crippen molar-refractivity contribution in [3.8, 4) is 11.5 Å². The first-order chi connectivity index (χ1) is 14.1. The van der Waals surface area contributed by atoms with Crippen molar-refractivity contribution in [2.75, 3.05) is 37.9 Å². The molecule has 7 nitrogen and oxygen atoms in total. The van der Waals surface area contributed by atoms with Crippen molar-refractivity contribution in [3.05, 3.63) is 54.0 Å². The van der Waals surface area contributed by atoms with Crippen LogP contribution in [-0.4, -0.2) is 54.5 Å². The van der Waals surface area contributed by atoms with E-state index in [2.05, 4.69) is 9.88 Å². The summed E-state index contributed by atoms with van der Waals surface area (Å²) < 4.78 is 23.8. The molecule has 2 aliphatic rings. The van der Waals surface area contributed by atoms with E-state index < -0.39 is 11.7 Å². The number of anilines is 1. The van der Waals surface area contributed by atoms with E-state index in [1.54, 1.807) is 35.4 Å². The topological polar surface area (TPSA) is 74.9 Å². The van der Waals surface area contributed by atoms with Crippen molar-refractivity contribution in [1.82, 2.24) is 9.88 Å². The lowest BCUT2D eigenvalue weighted by molar-refractivity contribution is -0.126. The number of halogens is 1. The molecule has 0 radical (unpaired) electrons. The predicted molar refractivity (Wildman–Crippen MR) is 104 cm³/mol. The molecule has 0 aliphatic carbocycles. The van der Waals surface area contributed by atoms with Crippen molar-refractivity contribution in [2.45, 2.75) is 0 Å². The largest absolute Gasteiger partial charge is 0.454 e. The number of carbonyl (C=O) groups excluding carboxylic acids is 2. The Hall–Kier alpha value is -3.55. The molecule has 148 valence electrons. The number of aromatic amines is 1.